The minimum atomic E-state index is -5.85. The van der Waals surface area contributed by atoms with Gasteiger partial charge in [0, 0.05) is 58.0 Å². The second kappa shape index (κ2) is 10.6. The maximum absolute atomic E-state index is 15.8. The van der Waals surface area contributed by atoms with Gasteiger partial charge in [-0.05, 0) is 42.5 Å². The van der Waals surface area contributed by atoms with Crippen molar-refractivity contribution in [2.45, 2.75) is 29.1 Å². The van der Waals surface area contributed by atoms with Gasteiger partial charge in [-0.2, -0.15) is 26.3 Å². The monoisotopic (exact) mass is 636 g/mol. The molecule has 0 fully saturated rings. The number of terminal acetylenes is 1. The Bertz CT molecular complexity index is 1950. The van der Waals surface area contributed by atoms with E-state index in [4.69, 9.17) is 25.1 Å². The predicted molar refractivity (Wildman–Crippen MR) is 149 cm³/mol. The second-order valence-corrected chi connectivity index (χ2v) is 11.9. The van der Waals surface area contributed by atoms with Crippen LogP contribution in [0.3, 0.4) is 0 Å². The van der Waals surface area contributed by atoms with Crippen LogP contribution in [-0.2, 0) is 16.3 Å². The van der Waals surface area contributed by atoms with Crippen LogP contribution in [0.1, 0.15) is 11.1 Å². The van der Waals surface area contributed by atoms with Crippen molar-refractivity contribution in [1.82, 2.24) is 0 Å². The fourth-order valence-corrected chi connectivity index (χ4v) is 5.69. The van der Waals surface area contributed by atoms with Gasteiger partial charge >= 0.3 is 17.8 Å². The number of halogens is 6. The van der Waals surface area contributed by atoms with Crippen molar-refractivity contribution in [2.24, 2.45) is 0 Å². The normalized spacial score (nSPS) is 17.0. The SMILES string of the molecule is C#COc1cc(OC)ccc1CC1=C(c2c(-c3ccc(S(C)(=O)=O)cc3)oc3cc(OC)ccc23)C(F)(F)C(F)(F)C1(F)F. The molecule has 0 aliphatic heterocycles. The molecule has 0 N–H and O–H groups in total. The maximum atomic E-state index is 15.8. The highest BCUT2D eigenvalue weighted by Gasteiger charge is 2.80. The fourth-order valence-electron chi connectivity index (χ4n) is 5.06. The van der Waals surface area contributed by atoms with E-state index < -0.39 is 56.5 Å². The molecule has 44 heavy (non-hydrogen) atoms. The molecular formula is C31H22F6O6S. The highest BCUT2D eigenvalue weighted by Crippen LogP contribution is 2.64. The van der Waals surface area contributed by atoms with Crippen LogP contribution in [0.4, 0.5) is 26.3 Å². The zero-order valence-electron chi connectivity index (χ0n) is 23.2. The largest absolute Gasteiger partial charge is 0.497 e. The Morgan fingerprint density at radius 2 is 1.48 bits per heavy atom. The van der Waals surface area contributed by atoms with Gasteiger partial charge in [-0.15, -0.1) is 0 Å². The first-order chi connectivity index (χ1) is 20.6. The van der Waals surface area contributed by atoms with E-state index in [1.807, 2.05) is 6.11 Å². The summed E-state index contributed by atoms with van der Waals surface area (Å²) in [5, 5.41) is -0.191. The van der Waals surface area contributed by atoms with E-state index in [0.29, 0.717) is 0 Å². The van der Waals surface area contributed by atoms with Crippen LogP contribution in [0.5, 0.6) is 17.2 Å². The molecule has 1 aromatic heterocycles. The Morgan fingerprint density at radius 3 is 2.07 bits per heavy atom. The van der Waals surface area contributed by atoms with Gasteiger partial charge in [0.15, 0.2) is 9.84 Å². The summed E-state index contributed by atoms with van der Waals surface area (Å²) in [6.07, 6.45) is 6.88. The van der Waals surface area contributed by atoms with Crippen LogP contribution >= 0.6 is 0 Å². The van der Waals surface area contributed by atoms with Gasteiger partial charge in [-0.25, -0.2) is 8.42 Å². The first-order valence-electron chi connectivity index (χ1n) is 12.7. The molecule has 3 aromatic carbocycles. The number of fused-ring (bicyclic) bond motifs is 1. The lowest BCUT2D eigenvalue weighted by molar-refractivity contribution is -0.260. The molecule has 0 spiro atoms. The molecule has 6 nitrogen and oxygen atoms in total. The molecule has 1 heterocycles. The van der Waals surface area contributed by atoms with Gasteiger partial charge in [-0.1, -0.05) is 12.5 Å². The van der Waals surface area contributed by atoms with Gasteiger partial charge < -0.3 is 18.6 Å². The van der Waals surface area contributed by atoms with Crippen LogP contribution in [0.2, 0.25) is 0 Å². The number of ether oxygens (including phenoxy) is 3. The number of allylic oxidation sites excluding steroid dienone is 2. The van der Waals surface area contributed by atoms with Crippen molar-refractivity contribution in [3.8, 4) is 41.1 Å². The van der Waals surface area contributed by atoms with Crippen molar-refractivity contribution in [3.05, 3.63) is 77.4 Å². The maximum Gasteiger partial charge on any atom is 0.380 e. The van der Waals surface area contributed by atoms with Gasteiger partial charge in [0.25, 0.3) is 0 Å². The molecule has 1 aliphatic rings. The molecule has 0 atom stereocenters. The summed E-state index contributed by atoms with van der Waals surface area (Å²) in [6, 6.07) is 12.2. The zero-order chi connectivity index (χ0) is 32.2. The Labute approximate surface area is 247 Å². The molecule has 4 aromatic rings. The number of sulfone groups is 1. The Kier molecular flexibility index (Phi) is 7.40. The smallest absolute Gasteiger partial charge is 0.380 e. The standard InChI is InChI=1S/C31H22F6O6S/c1-5-42-24-15-19(40-2)9-6-18(24)14-23-27(30(34,35)31(36,37)29(23,32)33)26-22-13-10-20(41-3)16-25(22)43-28(26)17-7-11-21(12-8-17)44(4,38)39/h1,6-13,15-16H,14H2,2-4H3. The van der Waals surface area contributed by atoms with E-state index in [1.54, 1.807) is 0 Å². The number of hydrogen-bond donors (Lipinski definition) is 0. The van der Waals surface area contributed by atoms with E-state index in [9.17, 15) is 8.42 Å². The summed E-state index contributed by atoms with van der Waals surface area (Å²) >= 11 is 0. The van der Waals surface area contributed by atoms with Crippen LogP contribution in [0.15, 0.2) is 75.5 Å². The average Bonchev–Trinajstić information content (AvgIpc) is 3.38. The summed E-state index contributed by atoms with van der Waals surface area (Å²) in [5.74, 6) is -16.9. The number of benzene rings is 3. The van der Waals surface area contributed by atoms with Crippen molar-refractivity contribution in [1.29, 1.82) is 0 Å². The number of rotatable bonds is 8. The average molecular weight is 637 g/mol. The topological polar surface area (TPSA) is 75.0 Å². The number of alkyl halides is 6. The molecule has 0 unspecified atom stereocenters. The Balaban J connectivity index is 1.86. The van der Waals surface area contributed by atoms with Gasteiger partial charge in [-0.3, -0.25) is 0 Å². The fraction of sp³-hybridized carbons (Fsp3) is 0.226. The third-order valence-corrected chi connectivity index (χ3v) is 8.41. The highest BCUT2D eigenvalue weighted by atomic mass is 32.2. The van der Waals surface area contributed by atoms with E-state index in [1.165, 1.54) is 62.8 Å². The van der Waals surface area contributed by atoms with Gasteiger partial charge in [0.2, 0.25) is 0 Å². The third-order valence-electron chi connectivity index (χ3n) is 7.29. The summed E-state index contributed by atoms with van der Waals surface area (Å²) in [6.45, 7) is 0. The molecule has 0 radical (unpaired) electrons. The number of methoxy groups -OCH3 is 2. The summed E-state index contributed by atoms with van der Waals surface area (Å²) in [7, 11) is -1.07. The number of hydrogen-bond acceptors (Lipinski definition) is 6. The second-order valence-electron chi connectivity index (χ2n) is 9.91. The third kappa shape index (κ3) is 4.73. The molecule has 0 bridgehead atoms. The molecule has 1 aliphatic carbocycles. The van der Waals surface area contributed by atoms with Gasteiger partial charge in [0.05, 0.1) is 19.1 Å². The molecule has 230 valence electrons. The lowest BCUT2D eigenvalue weighted by Gasteiger charge is -2.26. The van der Waals surface area contributed by atoms with Crippen LogP contribution < -0.4 is 14.2 Å². The molecule has 5 rings (SSSR count). The molecule has 0 amide bonds. The highest BCUT2D eigenvalue weighted by molar-refractivity contribution is 7.90. The van der Waals surface area contributed by atoms with Crippen LogP contribution in [0.25, 0.3) is 27.9 Å². The van der Waals surface area contributed by atoms with Crippen molar-refractivity contribution < 1.29 is 53.4 Å². The van der Waals surface area contributed by atoms with Crippen molar-refractivity contribution in [2.75, 3.05) is 20.5 Å². The molecule has 13 heteroatoms. The first-order valence-corrected chi connectivity index (χ1v) is 14.6. The minimum absolute atomic E-state index is 0.0375. The van der Waals surface area contributed by atoms with Crippen LogP contribution in [0, 0.1) is 12.5 Å². The Morgan fingerprint density at radius 1 is 0.864 bits per heavy atom. The lowest BCUT2D eigenvalue weighted by atomic mass is 9.91. The number of furan rings is 1. The quantitative estimate of drug-likeness (QED) is 0.148. The van der Waals surface area contributed by atoms with E-state index in [0.717, 1.165) is 18.4 Å². The van der Waals surface area contributed by atoms with Crippen LogP contribution in [-0.4, -0.2) is 46.7 Å². The lowest BCUT2D eigenvalue weighted by Crippen LogP contribution is -2.49. The van der Waals surface area contributed by atoms with E-state index in [2.05, 4.69) is 0 Å². The predicted octanol–water partition coefficient (Wildman–Crippen LogP) is 7.41. The molecular weight excluding hydrogens is 614 g/mol. The van der Waals surface area contributed by atoms with E-state index >= 15 is 26.3 Å². The Hall–Kier alpha value is -4.57. The molecule has 0 saturated heterocycles. The van der Waals surface area contributed by atoms with Gasteiger partial charge in [0.1, 0.15) is 34.7 Å². The first kappa shape index (κ1) is 30.9. The zero-order valence-corrected chi connectivity index (χ0v) is 24.0. The van der Waals surface area contributed by atoms with Crippen molar-refractivity contribution >= 4 is 26.4 Å². The summed E-state index contributed by atoms with van der Waals surface area (Å²) in [5.41, 5.74) is -4.33. The molecule has 0 saturated carbocycles. The summed E-state index contributed by atoms with van der Waals surface area (Å²) < 4.78 is 138. The summed E-state index contributed by atoms with van der Waals surface area (Å²) in [4.78, 5) is -0.134. The van der Waals surface area contributed by atoms with Crippen molar-refractivity contribution in [3.63, 3.8) is 0 Å². The minimum Gasteiger partial charge on any atom is -0.497 e. The van der Waals surface area contributed by atoms with E-state index in [-0.39, 0.29) is 44.2 Å².